The molecule has 4 rings (SSSR count). The Morgan fingerprint density at radius 3 is 2.57 bits per heavy atom. The van der Waals surface area contributed by atoms with Gasteiger partial charge >= 0.3 is 5.97 Å². The van der Waals surface area contributed by atoms with Gasteiger partial charge in [-0.1, -0.05) is 42.5 Å². The number of rotatable bonds is 15. The molecule has 3 fully saturated rings. The Kier molecular flexibility index (Phi) is 10.7. The van der Waals surface area contributed by atoms with Crippen LogP contribution in [0.15, 0.2) is 55.6 Å². The smallest absolute Gasteiger partial charge is 0.306 e. The van der Waals surface area contributed by atoms with Crippen LogP contribution < -0.4 is 5.32 Å². The van der Waals surface area contributed by atoms with Crippen molar-refractivity contribution in [1.82, 2.24) is 15.1 Å². The zero-order valence-corrected chi connectivity index (χ0v) is 26.2. The zero-order chi connectivity index (χ0) is 32.1. The van der Waals surface area contributed by atoms with Crippen LogP contribution in [0.25, 0.3) is 0 Å². The average molecular weight is 610 g/mol. The van der Waals surface area contributed by atoms with Crippen molar-refractivity contribution in [2.75, 3.05) is 26.3 Å². The van der Waals surface area contributed by atoms with Crippen LogP contribution in [-0.2, 0) is 28.7 Å². The summed E-state index contributed by atoms with van der Waals surface area (Å²) in [6, 6.07) is 7.71. The van der Waals surface area contributed by atoms with Crippen LogP contribution in [0.4, 0.5) is 0 Å². The molecule has 0 radical (unpaired) electrons. The number of likely N-dealkylation sites (tertiary alicyclic amines) is 1. The number of aliphatic hydroxyl groups is 1. The first-order valence-electron chi connectivity index (χ1n) is 15.6. The molecule has 3 aliphatic rings. The van der Waals surface area contributed by atoms with Gasteiger partial charge in [0.1, 0.15) is 18.2 Å². The van der Waals surface area contributed by atoms with Gasteiger partial charge in [-0.05, 0) is 58.4 Å². The van der Waals surface area contributed by atoms with Crippen molar-refractivity contribution >= 4 is 23.7 Å². The normalized spacial score (nSPS) is 26.2. The Bertz CT molecular complexity index is 1230. The molecule has 44 heavy (non-hydrogen) atoms. The summed E-state index contributed by atoms with van der Waals surface area (Å²) in [6.07, 6.45) is 5.49. The van der Waals surface area contributed by atoms with E-state index in [4.69, 9.17) is 9.47 Å². The number of ether oxygens (including phenoxy) is 2. The molecule has 0 saturated carbocycles. The van der Waals surface area contributed by atoms with Gasteiger partial charge in [0.25, 0.3) is 0 Å². The lowest BCUT2D eigenvalue weighted by molar-refractivity contribution is -0.151. The molecule has 0 unspecified atom stereocenters. The van der Waals surface area contributed by atoms with Crippen molar-refractivity contribution in [3.05, 3.63) is 61.2 Å². The highest BCUT2D eigenvalue weighted by Crippen LogP contribution is 2.58. The van der Waals surface area contributed by atoms with E-state index >= 15 is 0 Å². The van der Waals surface area contributed by atoms with Crippen LogP contribution in [0.3, 0.4) is 0 Å². The van der Waals surface area contributed by atoms with Gasteiger partial charge in [-0.15, -0.1) is 13.2 Å². The SMILES string of the molecule is C=CCCC(=O)OC[C@@H](NC(=O)[C@@H]1[C@H]2C(=O)N(CCCCO)[C@H](C(=O)N(CC=C)C(C)(C)C)[C@]23CC[C@H]1O3)c1ccccc1. The maximum atomic E-state index is 14.4. The molecule has 1 aromatic rings. The summed E-state index contributed by atoms with van der Waals surface area (Å²) in [5.74, 6) is -2.90. The molecule has 3 saturated heterocycles. The quantitative estimate of drug-likeness (QED) is 0.178. The Labute approximate surface area is 260 Å². The summed E-state index contributed by atoms with van der Waals surface area (Å²) in [5, 5.41) is 12.5. The van der Waals surface area contributed by atoms with E-state index in [0.717, 1.165) is 5.56 Å². The van der Waals surface area contributed by atoms with Crippen molar-refractivity contribution in [2.45, 2.75) is 88.6 Å². The van der Waals surface area contributed by atoms with E-state index in [2.05, 4.69) is 18.5 Å². The molecule has 2 bridgehead atoms. The van der Waals surface area contributed by atoms with Gasteiger partial charge in [0.2, 0.25) is 17.7 Å². The fraction of sp³-hybridized carbons (Fsp3) is 0.588. The number of carbonyl (C=O) groups excluding carboxylic acids is 4. The van der Waals surface area contributed by atoms with Crippen LogP contribution in [-0.4, -0.2) is 88.2 Å². The Balaban J connectivity index is 1.64. The molecule has 3 heterocycles. The number of nitrogens with one attached hydrogen (secondary N) is 1. The Hall–Kier alpha value is -3.50. The van der Waals surface area contributed by atoms with Crippen LogP contribution in [0.5, 0.6) is 0 Å². The van der Waals surface area contributed by atoms with Gasteiger partial charge in [0.15, 0.2) is 0 Å². The number of hydrogen-bond donors (Lipinski definition) is 2. The van der Waals surface area contributed by atoms with Crippen LogP contribution in [0.1, 0.15) is 70.9 Å². The third-order valence-corrected chi connectivity index (χ3v) is 9.01. The van der Waals surface area contributed by atoms with E-state index in [1.165, 1.54) is 0 Å². The van der Waals surface area contributed by atoms with E-state index in [1.54, 1.807) is 22.0 Å². The number of esters is 1. The molecule has 0 aromatic heterocycles. The van der Waals surface area contributed by atoms with Gasteiger partial charge in [-0.2, -0.15) is 0 Å². The second-order valence-corrected chi connectivity index (χ2v) is 12.9. The monoisotopic (exact) mass is 609 g/mol. The van der Waals surface area contributed by atoms with Crippen LogP contribution in [0, 0.1) is 11.8 Å². The Morgan fingerprint density at radius 2 is 1.93 bits per heavy atom. The van der Waals surface area contributed by atoms with Gasteiger partial charge in [0, 0.05) is 31.7 Å². The van der Waals surface area contributed by atoms with Crippen LogP contribution >= 0.6 is 0 Å². The Morgan fingerprint density at radius 1 is 1.20 bits per heavy atom. The molecule has 1 spiro atoms. The maximum Gasteiger partial charge on any atom is 0.306 e. The zero-order valence-electron chi connectivity index (χ0n) is 26.2. The molecule has 0 aliphatic carbocycles. The lowest BCUT2D eigenvalue weighted by Crippen LogP contribution is -2.60. The molecule has 3 aliphatic heterocycles. The number of hydrogen-bond acceptors (Lipinski definition) is 7. The van der Waals surface area contributed by atoms with Crippen molar-refractivity contribution in [1.29, 1.82) is 0 Å². The lowest BCUT2D eigenvalue weighted by Gasteiger charge is -2.42. The highest BCUT2D eigenvalue weighted by molar-refractivity contribution is 5.99. The fourth-order valence-electron chi connectivity index (χ4n) is 6.98. The van der Waals surface area contributed by atoms with Crippen molar-refractivity contribution < 1.29 is 33.8 Å². The number of benzene rings is 1. The summed E-state index contributed by atoms with van der Waals surface area (Å²) in [6.45, 7) is 13.8. The first kappa shape index (κ1) is 33.4. The van der Waals surface area contributed by atoms with E-state index in [1.807, 2.05) is 51.1 Å². The fourth-order valence-corrected chi connectivity index (χ4v) is 6.98. The number of amides is 3. The molecule has 6 atom stereocenters. The minimum atomic E-state index is -1.13. The second kappa shape index (κ2) is 14.1. The van der Waals surface area contributed by atoms with Gasteiger partial charge in [0.05, 0.1) is 24.0 Å². The topological polar surface area (TPSA) is 125 Å². The highest BCUT2D eigenvalue weighted by Gasteiger charge is 2.74. The largest absolute Gasteiger partial charge is 0.463 e. The van der Waals surface area contributed by atoms with Gasteiger partial charge in [-0.25, -0.2) is 0 Å². The van der Waals surface area contributed by atoms with Crippen molar-refractivity contribution in [3.63, 3.8) is 0 Å². The number of nitrogens with zero attached hydrogens (tertiary/aromatic N) is 2. The summed E-state index contributed by atoms with van der Waals surface area (Å²) >= 11 is 0. The predicted molar refractivity (Wildman–Crippen MR) is 165 cm³/mol. The third kappa shape index (κ3) is 6.61. The number of unbranched alkanes of at least 4 members (excludes halogenated alkanes) is 1. The van der Waals surface area contributed by atoms with Crippen LogP contribution in [0.2, 0.25) is 0 Å². The third-order valence-electron chi connectivity index (χ3n) is 9.01. The first-order chi connectivity index (χ1) is 21.0. The molecule has 1 aromatic carbocycles. The summed E-state index contributed by atoms with van der Waals surface area (Å²) < 4.78 is 12.1. The van der Waals surface area contributed by atoms with E-state index in [9.17, 15) is 24.3 Å². The second-order valence-electron chi connectivity index (χ2n) is 12.9. The minimum absolute atomic E-state index is 0.0254. The van der Waals surface area contributed by atoms with Gasteiger partial charge < -0.3 is 29.7 Å². The number of carbonyl (C=O) groups is 4. The van der Waals surface area contributed by atoms with Crippen molar-refractivity contribution in [3.8, 4) is 0 Å². The van der Waals surface area contributed by atoms with Crippen molar-refractivity contribution in [2.24, 2.45) is 11.8 Å². The minimum Gasteiger partial charge on any atom is -0.463 e. The number of aliphatic hydroxyl groups excluding tert-OH is 1. The molecule has 10 nitrogen and oxygen atoms in total. The van der Waals surface area contributed by atoms with E-state index in [0.29, 0.717) is 38.6 Å². The van der Waals surface area contributed by atoms with E-state index in [-0.39, 0.29) is 43.9 Å². The number of allylic oxidation sites excluding steroid dienone is 1. The maximum absolute atomic E-state index is 14.4. The number of fused-ring (bicyclic) bond motifs is 1. The summed E-state index contributed by atoms with van der Waals surface area (Å²) in [4.78, 5) is 58.3. The lowest BCUT2D eigenvalue weighted by atomic mass is 9.70. The molecule has 10 heteroatoms. The molecule has 3 amide bonds. The molecular weight excluding hydrogens is 562 g/mol. The molecule has 240 valence electrons. The summed E-state index contributed by atoms with van der Waals surface area (Å²) in [5.41, 5.74) is -0.915. The molecule has 2 N–H and O–H groups in total. The van der Waals surface area contributed by atoms with Gasteiger partial charge in [-0.3, -0.25) is 19.2 Å². The van der Waals surface area contributed by atoms with E-state index < -0.39 is 47.1 Å². The highest BCUT2D eigenvalue weighted by atomic mass is 16.5. The first-order valence-corrected chi connectivity index (χ1v) is 15.6. The standard InChI is InChI=1S/C34H47N3O7/c1-6-8-16-26(39)43-22-24(23-14-10-9-11-15-23)35-30(40)27-25-17-18-34(44-25)28(27)31(41)36(20-12-13-21-38)29(34)32(42)37(19-7-2)33(3,4)5/h6-7,9-11,14-15,24-25,27-29,38H,1-2,8,12-13,16-22H2,3-5H3,(H,35,40)/t24-,25-,27+,28+,29-,34+/m1/s1. The summed E-state index contributed by atoms with van der Waals surface area (Å²) in [7, 11) is 0. The predicted octanol–water partition coefficient (Wildman–Crippen LogP) is 3.31. The average Bonchev–Trinajstić information content (AvgIpc) is 3.64. The molecular formula is C34H47N3O7.